The number of aromatic nitrogens is 2. The van der Waals surface area contributed by atoms with Crippen molar-refractivity contribution < 1.29 is 5.11 Å². The van der Waals surface area contributed by atoms with Gasteiger partial charge in [0.25, 0.3) is 0 Å². The van der Waals surface area contributed by atoms with Crippen LogP contribution in [0, 0.1) is 18.3 Å². The van der Waals surface area contributed by atoms with Crippen molar-refractivity contribution in [3.05, 3.63) is 59.6 Å². The van der Waals surface area contributed by atoms with Crippen molar-refractivity contribution in [3.8, 4) is 6.07 Å². The number of hydrogen-bond acceptors (Lipinski definition) is 5. The summed E-state index contributed by atoms with van der Waals surface area (Å²) in [6.07, 6.45) is 12.0. The molecule has 0 saturated carbocycles. The standard InChI is InChI=1S/C24H27N5O/c1-17-21-7-10-27-23(21)6-5-22(17)28-24-18(15-26-16-19(24)14-25)4-2-3-11-29-12-8-20(30)9-13-29/h2,4-7,10,15-16,20,27,30H,3,8-9,11-13H2,1H3,(H,26,28)/b4-2+. The molecule has 1 aliphatic rings. The van der Waals surface area contributed by atoms with Gasteiger partial charge in [0.05, 0.1) is 17.4 Å². The van der Waals surface area contributed by atoms with Crippen LogP contribution in [-0.2, 0) is 0 Å². The van der Waals surface area contributed by atoms with Gasteiger partial charge in [0, 0.05) is 60.4 Å². The third kappa shape index (κ3) is 4.38. The molecule has 154 valence electrons. The lowest BCUT2D eigenvalue weighted by Crippen LogP contribution is -2.36. The van der Waals surface area contributed by atoms with E-state index >= 15 is 0 Å². The normalized spacial score (nSPS) is 15.6. The Morgan fingerprint density at radius 2 is 2.13 bits per heavy atom. The summed E-state index contributed by atoms with van der Waals surface area (Å²) in [7, 11) is 0. The summed E-state index contributed by atoms with van der Waals surface area (Å²) >= 11 is 0. The Bertz CT molecular complexity index is 1090. The maximum absolute atomic E-state index is 9.63. The van der Waals surface area contributed by atoms with E-state index in [9.17, 15) is 10.4 Å². The highest BCUT2D eigenvalue weighted by Crippen LogP contribution is 2.30. The second-order valence-electron chi connectivity index (χ2n) is 7.83. The van der Waals surface area contributed by atoms with Crippen LogP contribution in [0.1, 0.15) is 36.0 Å². The molecule has 0 aliphatic carbocycles. The average Bonchev–Trinajstić information content (AvgIpc) is 3.25. The second-order valence-corrected chi connectivity index (χ2v) is 7.83. The van der Waals surface area contributed by atoms with Gasteiger partial charge in [0.15, 0.2) is 0 Å². The number of aromatic amines is 1. The van der Waals surface area contributed by atoms with E-state index in [1.807, 2.05) is 24.4 Å². The Labute approximate surface area is 176 Å². The first-order valence-electron chi connectivity index (χ1n) is 10.4. The van der Waals surface area contributed by atoms with Gasteiger partial charge in [-0.3, -0.25) is 4.98 Å². The fourth-order valence-corrected chi connectivity index (χ4v) is 3.99. The number of hydrogen-bond donors (Lipinski definition) is 3. The largest absolute Gasteiger partial charge is 0.393 e. The van der Waals surface area contributed by atoms with Gasteiger partial charge in [-0.1, -0.05) is 12.2 Å². The molecule has 6 nitrogen and oxygen atoms in total. The molecule has 1 aliphatic heterocycles. The predicted molar refractivity (Wildman–Crippen MR) is 121 cm³/mol. The number of H-pyrrole nitrogens is 1. The number of benzene rings is 1. The Hall–Kier alpha value is -3.14. The van der Waals surface area contributed by atoms with Crippen molar-refractivity contribution in [2.75, 3.05) is 25.0 Å². The molecule has 0 unspecified atom stereocenters. The number of nitrogens with one attached hydrogen (secondary N) is 2. The van der Waals surface area contributed by atoms with E-state index < -0.39 is 0 Å². The molecule has 3 N–H and O–H groups in total. The molecule has 0 radical (unpaired) electrons. The zero-order valence-electron chi connectivity index (χ0n) is 17.2. The Balaban J connectivity index is 1.51. The molecule has 0 amide bonds. The number of piperidine rings is 1. The first-order chi connectivity index (χ1) is 14.7. The van der Waals surface area contributed by atoms with Gasteiger partial charge in [-0.15, -0.1) is 0 Å². The minimum absolute atomic E-state index is 0.140. The van der Waals surface area contributed by atoms with Crippen molar-refractivity contribution in [1.29, 1.82) is 5.26 Å². The summed E-state index contributed by atoms with van der Waals surface area (Å²) < 4.78 is 0. The highest BCUT2D eigenvalue weighted by atomic mass is 16.3. The topological polar surface area (TPSA) is 88.0 Å². The van der Waals surface area contributed by atoms with E-state index in [-0.39, 0.29) is 6.10 Å². The van der Waals surface area contributed by atoms with E-state index in [1.54, 1.807) is 12.4 Å². The summed E-state index contributed by atoms with van der Waals surface area (Å²) in [6, 6.07) is 8.40. The molecule has 0 bridgehead atoms. The molecular formula is C24H27N5O. The number of nitriles is 1. The van der Waals surface area contributed by atoms with Gasteiger partial charge >= 0.3 is 0 Å². The summed E-state index contributed by atoms with van der Waals surface area (Å²) in [6.45, 7) is 4.96. The Morgan fingerprint density at radius 3 is 2.93 bits per heavy atom. The number of rotatable bonds is 6. The first-order valence-corrected chi connectivity index (χ1v) is 10.4. The van der Waals surface area contributed by atoms with E-state index in [2.05, 4.69) is 45.3 Å². The van der Waals surface area contributed by atoms with Gasteiger partial charge in [-0.25, -0.2) is 0 Å². The summed E-state index contributed by atoms with van der Waals surface area (Å²) in [5.74, 6) is 0. The number of anilines is 2. The van der Waals surface area contributed by atoms with Crippen LogP contribution in [-0.4, -0.2) is 45.7 Å². The van der Waals surface area contributed by atoms with Crippen molar-refractivity contribution >= 4 is 28.4 Å². The van der Waals surface area contributed by atoms with Crippen LogP contribution >= 0.6 is 0 Å². The Morgan fingerprint density at radius 1 is 1.30 bits per heavy atom. The van der Waals surface area contributed by atoms with Crippen LogP contribution in [0.4, 0.5) is 11.4 Å². The molecule has 1 fully saturated rings. The highest BCUT2D eigenvalue weighted by Gasteiger charge is 2.16. The molecule has 3 heterocycles. The quantitative estimate of drug-likeness (QED) is 0.572. The minimum atomic E-state index is -0.140. The summed E-state index contributed by atoms with van der Waals surface area (Å²) in [4.78, 5) is 9.86. The van der Waals surface area contributed by atoms with Gasteiger partial charge in [-0.05, 0) is 49.9 Å². The van der Waals surface area contributed by atoms with E-state index in [0.29, 0.717) is 5.56 Å². The maximum atomic E-state index is 9.63. The van der Waals surface area contributed by atoms with Gasteiger partial charge < -0.3 is 20.3 Å². The van der Waals surface area contributed by atoms with Crippen molar-refractivity contribution in [2.24, 2.45) is 0 Å². The summed E-state index contributed by atoms with van der Waals surface area (Å²) in [5.41, 5.74) is 5.41. The fraction of sp³-hybridized carbons (Fsp3) is 0.333. The van der Waals surface area contributed by atoms with Crippen LogP contribution in [0.3, 0.4) is 0 Å². The minimum Gasteiger partial charge on any atom is -0.393 e. The van der Waals surface area contributed by atoms with Gasteiger partial charge in [0.2, 0.25) is 0 Å². The van der Waals surface area contributed by atoms with Crippen molar-refractivity contribution in [1.82, 2.24) is 14.9 Å². The second kappa shape index (κ2) is 9.12. The molecule has 6 heteroatoms. The Kier molecular flexibility index (Phi) is 6.12. The third-order valence-electron chi connectivity index (χ3n) is 5.83. The summed E-state index contributed by atoms with van der Waals surface area (Å²) in [5, 5.41) is 23.9. The molecule has 0 spiro atoms. The molecule has 4 rings (SSSR count). The van der Waals surface area contributed by atoms with Crippen molar-refractivity contribution in [3.63, 3.8) is 0 Å². The average molecular weight is 402 g/mol. The number of nitrogens with zero attached hydrogens (tertiary/aromatic N) is 3. The van der Waals surface area contributed by atoms with Crippen molar-refractivity contribution in [2.45, 2.75) is 32.3 Å². The first kappa shape index (κ1) is 20.1. The van der Waals surface area contributed by atoms with Crippen LogP contribution in [0.2, 0.25) is 0 Å². The third-order valence-corrected chi connectivity index (χ3v) is 5.83. The van der Waals surface area contributed by atoms with Crippen LogP contribution in [0.5, 0.6) is 0 Å². The fourth-order valence-electron chi connectivity index (χ4n) is 3.99. The lowest BCUT2D eigenvalue weighted by molar-refractivity contribution is 0.0835. The molecule has 1 aromatic carbocycles. The maximum Gasteiger partial charge on any atom is 0.103 e. The zero-order valence-corrected chi connectivity index (χ0v) is 17.2. The van der Waals surface area contributed by atoms with Crippen LogP contribution in [0.25, 0.3) is 17.0 Å². The molecule has 2 aromatic heterocycles. The molecule has 0 atom stereocenters. The van der Waals surface area contributed by atoms with E-state index in [4.69, 9.17) is 0 Å². The zero-order chi connectivity index (χ0) is 20.9. The number of likely N-dealkylation sites (tertiary alicyclic amines) is 1. The van der Waals surface area contributed by atoms with Gasteiger partial charge in [0.1, 0.15) is 6.07 Å². The van der Waals surface area contributed by atoms with Crippen LogP contribution < -0.4 is 5.32 Å². The number of aliphatic hydroxyl groups is 1. The number of pyridine rings is 1. The van der Waals surface area contributed by atoms with Crippen LogP contribution in [0.15, 0.2) is 42.9 Å². The number of aryl methyl sites for hydroxylation is 1. The molecule has 1 saturated heterocycles. The SMILES string of the molecule is Cc1c(Nc2c(C#N)cncc2/C=C/CCN2CCC(O)CC2)ccc2[nH]ccc12. The molecular weight excluding hydrogens is 374 g/mol. The lowest BCUT2D eigenvalue weighted by atomic mass is 10.1. The van der Waals surface area contributed by atoms with E-state index in [0.717, 1.165) is 72.3 Å². The molecule has 3 aromatic rings. The molecule has 30 heavy (non-hydrogen) atoms. The number of fused-ring (bicyclic) bond motifs is 1. The predicted octanol–water partition coefficient (Wildman–Crippen LogP) is 4.35. The smallest absolute Gasteiger partial charge is 0.103 e. The van der Waals surface area contributed by atoms with Gasteiger partial charge in [-0.2, -0.15) is 5.26 Å². The lowest BCUT2D eigenvalue weighted by Gasteiger charge is -2.28. The highest BCUT2D eigenvalue weighted by molar-refractivity contribution is 5.89. The monoisotopic (exact) mass is 401 g/mol. The van der Waals surface area contributed by atoms with E-state index in [1.165, 1.54) is 0 Å². The number of aliphatic hydroxyl groups excluding tert-OH is 1.